The Balaban J connectivity index is 2.22. The number of fused-ring (bicyclic) bond motifs is 1. The van der Waals surface area contributed by atoms with Gasteiger partial charge in [-0.1, -0.05) is 0 Å². The highest BCUT2D eigenvalue weighted by atomic mass is 16.5. The Kier molecular flexibility index (Phi) is 3.61. The van der Waals surface area contributed by atoms with Gasteiger partial charge >= 0.3 is 5.97 Å². The molecule has 1 unspecified atom stereocenters. The summed E-state index contributed by atoms with van der Waals surface area (Å²) in [6.07, 6.45) is 1.89. The summed E-state index contributed by atoms with van der Waals surface area (Å²) in [5, 5.41) is 2.88. The first-order valence-corrected chi connectivity index (χ1v) is 5.62. The van der Waals surface area contributed by atoms with Gasteiger partial charge in [-0.3, -0.25) is 9.59 Å². The van der Waals surface area contributed by atoms with E-state index < -0.39 is 12.0 Å². The third-order valence-corrected chi connectivity index (χ3v) is 2.95. The van der Waals surface area contributed by atoms with Crippen molar-refractivity contribution in [1.82, 2.24) is 15.2 Å². The fraction of sp³-hybridized carbons (Fsp3) is 0.545. The van der Waals surface area contributed by atoms with Crippen LogP contribution < -0.4 is 5.32 Å². The standard InChI is InChI=1S/C11H15N3O4/c1-12-9-10-7(13-6-18-10)3-4-14(11(9)16)5-8(15)17-2/h6,9,12H,3-5H2,1-2H3. The minimum atomic E-state index is -0.602. The van der Waals surface area contributed by atoms with Crippen molar-refractivity contribution in [3.63, 3.8) is 0 Å². The van der Waals surface area contributed by atoms with E-state index in [0.29, 0.717) is 18.7 Å². The second kappa shape index (κ2) is 5.18. The van der Waals surface area contributed by atoms with Gasteiger partial charge in [0.1, 0.15) is 12.6 Å². The first-order valence-electron chi connectivity index (χ1n) is 5.62. The van der Waals surface area contributed by atoms with Gasteiger partial charge in [0.05, 0.1) is 12.8 Å². The van der Waals surface area contributed by atoms with Crippen LogP contribution in [0, 0.1) is 0 Å². The molecule has 0 saturated heterocycles. The Hall–Kier alpha value is -1.89. The molecule has 1 aromatic heterocycles. The van der Waals surface area contributed by atoms with Crippen LogP contribution in [0.25, 0.3) is 0 Å². The highest BCUT2D eigenvalue weighted by molar-refractivity contribution is 5.86. The highest BCUT2D eigenvalue weighted by Gasteiger charge is 2.33. The van der Waals surface area contributed by atoms with Crippen LogP contribution >= 0.6 is 0 Å². The molecule has 1 aliphatic heterocycles. The predicted molar refractivity (Wildman–Crippen MR) is 60.6 cm³/mol. The summed E-state index contributed by atoms with van der Waals surface area (Å²) in [6.45, 7) is 0.365. The van der Waals surface area contributed by atoms with Crippen LogP contribution in [0.3, 0.4) is 0 Å². The molecule has 0 saturated carbocycles. The summed E-state index contributed by atoms with van der Waals surface area (Å²) in [6, 6.07) is -0.602. The molecule has 2 heterocycles. The molecule has 1 atom stereocenters. The number of amides is 1. The molecule has 0 bridgehead atoms. The van der Waals surface area contributed by atoms with Crippen LogP contribution in [0.5, 0.6) is 0 Å². The molecule has 0 radical (unpaired) electrons. The molecule has 0 spiro atoms. The van der Waals surface area contributed by atoms with E-state index in [1.807, 2.05) is 0 Å². The number of rotatable bonds is 3. The molecular weight excluding hydrogens is 238 g/mol. The molecule has 1 aliphatic rings. The SMILES string of the molecule is CNC1C(=O)N(CC(=O)OC)CCc2ncoc21. The summed E-state index contributed by atoms with van der Waals surface area (Å²) < 4.78 is 9.83. The topological polar surface area (TPSA) is 84.7 Å². The second-order valence-corrected chi connectivity index (χ2v) is 3.97. The van der Waals surface area contributed by atoms with Crippen LogP contribution in [0.1, 0.15) is 17.5 Å². The maximum atomic E-state index is 12.3. The zero-order valence-corrected chi connectivity index (χ0v) is 10.3. The summed E-state index contributed by atoms with van der Waals surface area (Å²) >= 11 is 0. The average molecular weight is 253 g/mol. The van der Waals surface area contributed by atoms with Crippen molar-refractivity contribution < 1.29 is 18.7 Å². The highest BCUT2D eigenvalue weighted by Crippen LogP contribution is 2.23. The van der Waals surface area contributed by atoms with Gasteiger partial charge in [-0.2, -0.15) is 0 Å². The first kappa shape index (κ1) is 12.6. The zero-order chi connectivity index (χ0) is 13.1. The molecule has 1 amide bonds. The maximum absolute atomic E-state index is 12.3. The number of carbonyl (C=O) groups is 2. The van der Waals surface area contributed by atoms with E-state index in [1.165, 1.54) is 18.4 Å². The minimum Gasteiger partial charge on any atom is -0.468 e. The Morgan fingerprint density at radius 3 is 3.17 bits per heavy atom. The van der Waals surface area contributed by atoms with Crippen LogP contribution in [0.2, 0.25) is 0 Å². The lowest BCUT2D eigenvalue weighted by Crippen LogP contribution is -2.42. The van der Waals surface area contributed by atoms with Gasteiger partial charge in [0.2, 0.25) is 5.91 Å². The van der Waals surface area contributed by atoms with Gasteiger partial charge in [0.15, 0.2) is 12.2 Å². The number of nitrogens with zero attached hydrogens (tertiary/aromatic N) is 2. The zero-order valence-electron chi connectivity index (χ0n) is 10.3. The van der Waals surface area contributed by atoms with Crippen LogP contribution in [0.4, 0.5) is 0 Å². The summed E-state index contributed by atoms with van der Waals surface area (Å²) in [4.78, 5) is 29.1. The van der Waals surface area contributed by atoms with Crippen molar-refractivity contribution in [3.05, 3.63) is 17.8 Å². The van der Waals surface area contributed by atoms with Crippen molar-refractivity contribution in [2.45, 2.75) is 12.5 Å². The van der Waals surface area contributed by atoms with E-state index in [-0.39, 0.29) is 12.5 Å². The summed E-state index contributed by atoms with van der Waals surface area (Å²) in [5.41, 5.74) is 0.745. The van der Waals surface area contributed by atoms with Gasteiger partial charge in [0, 0.05) is 13.0 Å². The Bertz CT molecular complexity index is 457. The van der Waals surface area contributed by atoms with Crippen LogP contribution in [-0.4, -0.2) is 49.0 Å². The van der Waals surface area contributed by atoms with E-state index in [2.05, 4.69) is 15.0 Å². The fourth-order valence-electron chi connectivity index (χ4n) is 1.98. The minimum absolute atomic E-state index is 0.0578. The van der Waals surface area contributed by atoms with Crippen molar-refractivity contribution in [2.24, 2.45) is 0 Å². The van der Waals surface area contributed by atoms with Gasteiger partial charge in [0.25, 0.3) is 0 Å². The number of likely N-dealkylation sites (N-methyl/N-ethyl adjacent to an activating group) is 1. The lowest BCUT2D eigenvalue weighted by molar-refractivity contribution is -0.147. The molecule has 1 aromatic rings. The molecule has 98 valence electrons. The smallest absolute Gasteiger partial charge is 0.325 e. The number of aromatic nitrogens is 1. The Labute approximate surface area is 104 Å². The quantitative estimate of drug-likeness (QED) is 0.730. The van der Waals surface area contributed by atoms with E-state index in [0.717, 1.165) is 5.69 Å². The van der Waals surface area contributed by atoms with Crippen molar-refractivity contribution >= 4 is 11.9 Å². The molecule has 1 N–H and O–H groups in total. The molecule has 7 heteroatoms. The third kappa shape index (κ3) is 2.21. The molecule has 2 rings (SSSR count). The van der Waals surface area contributed by atoms with E-state index >= 15 is 0 Å². The average Bonchev–Trinajstić information content (AvgIpc) is 2.78. The normalized spacial score (nSPS) is 19.3. The lowest BCUT2D eigenvalue weighted by Gasteiger charge is -2.22. The number of ether oxygens (including phenoxy) is 1. The van der Waals surface area contributed by atoms with Crippen LogP contribution in [0.15, 0.2) is 10.8 Å². The third-order valence-electron chi connectivity index (χ3n) is 2.95. The van der Waals surface area contributed by atoms with Crippen LogP contribution in [-0.2, 0) is 20.7 Å². The molecular formula is C11H15N3O4. The van der Waals surface area contributed by atoms with Crippen molar-refractivity contribution in [3.8, 4) is 0 Å². The fourth-order valence-corrected chi connectivity index (χ4v) is 1.98. The molecule has 18 heavy (non-hydrogen) atoms. The van der Waals surface area contributed by atoms with Crippen molar-refractivity contribution in [1.29, 1.82) is 0 Å². The Morgan fingerprint density at radius 2 is 2.50 bits per heavy atom. The summed E-state index contributed by atoms with van der Waals surface area (Å²) in [5.74, 6) is -0.127. The van der Waals surface area contributed by atoms with Gasteiger partial charge in [-0.15, -0.1) is 0 Å². The predicted octanol–water partition coefficient (Wildman–Crippen LogP) is -0.507. The molecule has 0 aliphatic carbocycles. The Morgan fingerprint density at radius 1 is 1.72 bits per heavy atom. The van der Waals surface area contributed by atoms with E-state index in [1.54, 1.807) is 7.05 Å². The molecule has 7 nitrogen and oxygen atoms in total. The first-order chi connectivity index (χ1) is 8.67. The largest absolute Gasteiger partial charge is 0.468 e. The molecule has 0 aromatic carbocycles. The van der Waals surface area contributed by atoms with Crippen molar-refractivity contribution in [2.75, 3.05) is 27.2 Å². The number of nitrogens with one attached hydrogen (secondary N) is 1. The maximum Gasteiger partial charge on any atom is 0.325 e. The molecule has 0 fully saturated rings. The van der Waals surface area contributed by atoms with E-state index in [9.17, 15) is 9.59 Å². The number of esters is 1. The van der Waals surface area contributed by atoms with Gasteiger partial charge in [-0.25, -0.2) is 4.98 Å². The number of oxazole rings is 1. The lowest BCUT2D eigenvalue weighted by atomic mass is 10.1. The number of hydrogen-bond donors (Lipinski definition) is 1. The number of methoxy groups -OCH3 is 1. The monoisotopic (exact) mass is 253 g/mol. The van der Waals surface area contributed by atoms with Gasteiger partial charge < -0.3 is 19.4 Å². The second-order valence-electron chi connectivity index (χ2n) is 3.97. The van der Waals surface area contributed by atoms with E-state index in [4.69, 9.17) is 4.42 Å². The number of carbonyl (C=O) groups excluding carboxylic acids is 2. The van der Waals surface area contributed by atoms with Gasteiger partial charge in [-0.05, 0) is 7.05 Å². The summed E-state index contributed by atoms with van der Waals surface area (Å²) in [7, 11) is 2.96. The number of hydrogen-bond acceptors (Lipinski definition) is 6.